The predicted octanol–water partition coefficient (Wildman–Crippen LogP) is 0.430. The number of hydrogen-bond acceptors (Lipinski definition) is 9. The van der Waals surface area contributed by atoms with E-state index in [1.54, 1.807) is 6.20 Å². The zero-order chi connectivity index (χ0) is 13.1. The summed E-state index contributed by atoms with van der Waals surface area (Å²) < 4.78 is 10.4. The van der Waals surface area contributed by atoms with Crippen LogP contribution in [0.4, 0.5) is 11.9 Å². The number of ether oxygens (including phenoxy) is 1. The Morgan fingerprint density at radius 1 is 1.21 bits per heavy atom. The Labute approximate surface area is 113 Å². The number of oxazole rings is 1. The highest BCUT2D eigenvalue weighted by Crippen LogP contribution is 2.24. The van der Waals surface area contributed by atoms with Crippen LogP contribution in [0, 0.1) is 0 Å². The lowest BCUT2D eigenvalue weighted by Crippen LogP contribution is -2.37. The molecule has 0 aliphatic carbocycles. The molecule has 1 aliphatic rings. The van der Waals surface area contributed by atoms with Gasteiger partial charge in [-0.15, -0.1) is 0 Å². The van der Waals surface area contributed by atoms with Crippen molar-refractivity contribution in [2.24, 2.45) is 0 Å². The van der Waals surface area contributed by atoms with E-state index in [1.165, 1.54) is 18.0 Å². The third kappa shape index (κ3) is 2.93. The molecule has 0 bridgehead atoms. The minimum absolute atomic E-state index is 0.186. The van der Waals surface area contributed by atoms with Crippen LogP contribution in [0.15, 0.2) is 27.3 Å². The maximum Gasteiger partial charge on any atom is 0.263 e. The largest absolute Gasteiger partial charge is 0.440 e. The molecule has 1 fully saturated rings. The monoisotopic (exact) mass is 280 g/mol. The first kappa shape index (κ1) is 12.2. The molecular weight excluding hydrogens is 268 g/mol. The van der Waals surface area contributed by atoms with Gasteiger partial charge >= 0.3 is 0 Å². The van der Waals surface area contributed by atoms with Crippen molar-refractivity contribution < 1.29 is 9.15 Å². The van der Waals surface area contributed by atoms with Crippen molar-refractivity contribution in [3.05, 3.63) is 12.5 Å². The predicted molar refractivity (Wildman–Crippen MR) is 67.9 cm³/mol. The molecule has 0 unspecified atom stereocenters. The van der Waals surface area contributed by atoms with Crippen LogP contribution in [0.3, 0.4) is 0 Å². The average molecular weight is 280 g/mol. The summed E-state index contributed by atoms with van der Waals surface area (Å²) in [6, 6.07) is 0. The van der Waals surface area contributed by atoms with Gasteiger partial charge in [-0.3, -0.25) is 0 Å². The molecule has 0 radical (unpaired) electrons. The van der Waals surface area contributed by atoms with Crippen LogP contribution in [0.5, 0.6) is 0 Å². The smallest absolute Gasteiger partial charge is 0.263 e. The first-order valence-corrected chi connectivity index (χ1v) is 6.54. The second kappa shape index (κ2) is 5.41. The molecule has 1 saturated heterocycles. The number of nitrogens with zero attached hydrogens (tertiary/aromatic N) is 5. The summed E-state index contributed by atoms with van der Waals surface area (Å²) in [6.07, 6.45) is 3.06. The molecule has 0 saturated carbocycles. The molecule has 0 atom stereocenters. The topological polar surface area (TPSA) is 103 Å². The molecule has 0 amide bonds. The van der Waals surface area contributed by atoms with E-state index in [0.717, 1.165) is 13.1 Å². The van der Waals surface area contributed by atoms with Gasteiger partial charge in [0, 0.05) is 24.9 Å². The molecule has 19 heavy (non-hydrogen) atoms. The third-order valence-corrected chi connectivity index (χ3v) is 3.24. The van der Waals surface area contributed by atoms with Gasteiger partial charge in [0.15, 0.2) is 0 Å². The van der Waals surface area contributed by atoms with Crippen molar-refractivity contribution in [1.29, 1.82) is 0 Å². The Bertz CT molecular complexity index is 543. The number of anilines is 2. The summed E-state index contributed by atoms with van der Waals surface area (Å²) in [5.41, 5.74) is 5.71. The minimum atomic E-state index is 0.186. The molecule has 2 aromatic heterocycles. The second-order valence-electron chi connectivity index (χ2n) is 3.78. The summed E-state index contributed by atoms with van der Waals surface area (Å²) in [6.45, 7) is 2.81. The molecule has 0 aromatic carbocycles. The molecule has 8 nitrogen and oxygen atoms in total. The van der Waals surface area contributed by atoms with E-state index in [9.17, 15) is 0 Å². The van der Waals surface area contributed by atoms with E-state index in [1.807, 2.05) is 4.90 Å². The highest BCUT2D eigenvalue weighted by Gasteiger charge is 2.16. The van der Waals surface area contributed by atoms with Gasteiger partial charge in [-0.1, -0.05) is 0 Å². The SMILES string of the molecule is Nc1nc(Sc2ncco2)nc(N2CCOCC2)n1. The highest BCUT2D eigenvalue weighted by atomic mass is 32.2. The molecule has 2 aromatic rings. The minimum Gasteiger partial charge on any atom is -0.440 e. The van der Waals surface area contributed by atoms with Crippen LogP contribution in [0.2, 0.25) is 0 Å². The molecule has 3 rings (SSSR count). The van der Waals surface area contributed by atoms with Crippen molar-refractivity contribution in [1.82, 2.24) is 19.9 Å². The summed E-state index contributed by atoms with van der Waals surface area (Å²) in [5.74, 6) is 0.746. The zero-order valence-corrected chi connectivity index (χ0v) is 10.8. The highest BCUT2D eigenvalue weighted by molar-refractivity contribution is 7.98. The normalized spacial score (nSPS) is 15.7. The third-order valence-electron chi connectivity index (χ3n) is 2.50. The van der Waals surface area contributed by atoms with E-state index in [2.05, 4.69) is 19.9 Å². The standard InChI is InChI=1S/C10H12N6O2S/c11-7-13-8(16-2-5-17-6-3-16)15-9(14-7)19-10-12-1-4-18-10/h1,4H,2-3,5-6H2,(H2,11,13,14,15). The van der Waals surface area contributed by atoms with E-state index >= 15 is 0 Å². The van der Waals surface area contributed by atoms with Crippen molar-refractivity contribution >= 4 is 23.7 Å². The van der Waals surface area contributed by atoms with Gasteiger partial charge in [0.25, 0.3) is 5.22 Å². The second-order valence-corrected chi connectivity index (χ2v) is 4.69. The Hall–Kier alpha value is -1.87. The molecule has 1 aliphatic heterocycles. The summed E-state index contributed by atoms with van der Waals surface area (Å²) >= 11 is 1.21. The molecule has 3 heterocycles. The number of hydrogen-bond donors (Lipinski definition) is 1. The molecule has 100 valence electrons. The van der Waals surface area contributed by atoms with Gasteiger partial charge in [0.2, 0.25) is 17.1 Å². The Kier molecular flexibility index (Phi) is 3.47. The van der Waals surface area contributed by atoms with Crippen LogP contribution in [0.25, 0.3) is 0 Å². The Morgan fingerprint density at radius 2 is 2.05 bits per heavy atom. The summed E-state index contributed by atoms with van der Waals surface area (Å²) in [5, 5.41) is 0.940. The fraction of sp³-hybridized carbons (Fsp3) is 0.400. The van der Waals surface area contributed by atoms with Gasteiger partial charge < -0.3 is 19.8 Å². The van der Waals surface area contributed by atoms with Gasteiger partial charge in [-0.25, -0.2) is 4.98 Å². The van der Waals surface area contributed by atoms with Crippen molar-refractivity contribution in [3.8, 4) is 0 Å². The van der Waals surface area contributed by atoms with Crippen LogP contribution in [-0.4, -0.2) is 46.2 Å². The quantitative estimate of drug-likeness (QED) is 0.856. The van der Waals surface area contributed by atoms with E-state index in [4.69, 9.17) is 14.9 Å². The fourth-order valence-corrected chi connectivity index (χ4v) is 2.29. The number of nitrogen functional groups attached to an aromatic ring is 1. The lowest BCUT2D eigenvalue weighted by Gasteiger charge is -2.26. The Balaban J connectivity index is 1.82. The van der Waals surface area contributed by atoms with Crippen LogP contribution in [-0.2, 0) is 4.74 Å². The number of aromatic nitrogens is 4. The molecule has 0 spiro atoms. The average Bonchev–Trinajstić information content (AvgIpc) is 2.92. The van der Waals surface area contributed by atoms with Gasteiger partial charge in [-0.05, 0) is 0 Å². The van der Waals surface area contributed by atoms with Crippen LogP contribution in [0.1, 0.15) is 0 Å². The van der Waals surface area contributed by atoms with Gasteiger partial charge in [0.1, 0.15) is 6.26 Å². The van der Waals surface area contributed by atoms with E-state index < -0.39 is 0 Å². The van der Waals surface area contributed by atoms with Crippen LogP contribution >= 0.6 is 11.8 Å². The fourth-order valence-electron chi connectivity index (χ4n) is 1.65. The van der Waals surface area contributed by atoms with E-state index in [-0.39, 0.29) is 5.95 Å². The summed E-state index contributed by atoms with van der Waals surface area (Å²) in [4.78, 5) is 18.6. The lowest BCUT2D eigenvalue weighted by atomic mass is 10.4. The maximum atomic E-state index is 5.71. The van der Waals surface area contributed by atoms with Crippen molar-refractivity contribution in [3.63, 3.8) is 0 Å². The number of morpholine rings is 1. The zero-order valence-electron chi connectivity index (χ0n) is 10.0. The first-order chi connectivity index (χ1) is 9.31. The maximum absolute atomic E-state index is 5.71. The summed E-state index contributed by atoms with van der Waals surface area (Å²) in [7, 11) is 0. The molecule has 9 heteroatoms. The van der Waals surface area contributed by atoms with E-state index in [0.29, 0.717) is 29.5 Å². The molecular formula is C10H12N6O2S. The van der Waals surface area contributed by atoms with Gasteiger partial charge in [-0.2, -0.15) is 15.0 Å². The Morgan fingerprint density at radius 3 is 2.79 bits per heavy atom. The lowest BCUT2D eigenvalue weighted by molar-refractivity contribution is 0.122. The van der Waals surface area contributed by atoms with Crippen molar-refractivity contribution in [2.45, 2.75) is 10.4 Å². The first-order valence-electron chi connectivity index (χ1n) is 5.73. The van der Waals surface area contributed by atoms with Crippen molar-refractivity contribution in [2.75, 3.05) is 36.9 Å². The number of rotatable bonds is 3. The molecule has 2 N–H and O–H groups in total. The number of nitrogens with two attached hydrogens (primary N) is 1. The van der Waals surface area contributed by atoms with Gasteiger partial charge in [0.05, 0.1) is 19.4 Å². The van der Waals surface area contributed by atoms with Crippen LogP contribution < -0.4 is 10.6 Å².